The SMILES string of the molecule is Cc1cccc(N2C(=O)CC(=O)N(c3cccc(C)c3)C2=O)c1. The molecule has 4 amide bonds. The van der Waals surface area contributed by atoms with Crippen molar-refractivity contribution in [3.8, 4) is 0 Å². The molecule has 0 unspecified atom stereocenters. The Balaban J connectivity index is 2.04. The molecule has 1 aliphatic rings. The predicted molar refractivity (Wildman–Crippen MR) is 87.3 cm³/mol. The van der Waals surface area contributed by atoms with Gasteiger partial charge in [0.05, 0.1) is 11.4 Å². The van der Waals surface area contributed by atoms with E-state index < -0.39 is 17.8 Å². The fraction of sp³-hybridized carbons (Fsp3) is 0.167. The number of benzene rings is 2. The molecule has 1 aliphatic heterocycles. The number of rotatable bonds is 2. The van der Waals surface area contributed by atoms with Crippen molar-refractivity contribution in [1.29, 1.82) is 0 Å². The van der Waals surface area contributed by atoms with E-state index in [9.17, 15) is 14.4 Å². The number of carbonyl (C=O) groups is 3. The van der Waals surface area contributed by atoms with E-state index >= 15 is 0 Å². The van der Waals surface area contributed by atoms with Crippen molar-refractivity contribution in [1.82, 2.24) is 0 Å². The van der Waals surface area contributed by atoms with Crippen LogP contribution in [0.2, 0.25) is 0 Å². The van der Waals surface area contributed by atoms with Crippen LogP contribution in [0.25, 0.3) is 0 Å². The quantitative estimate of drug-likeness (QED) is 0.801. The summed E-state index contributed by atoms with van der Waals surface area (Å²) in [6, 6.07) is 13.6. The molecule has 0 saturated carbocycles. The lowest BCUT2D eigenvalue weighted by molar-refractivity contribution is -0.126. The second kappa shape index (κ2) is 5.68. The monoisotopic (exact) mass is 308 g/mol. The molecule has 2 aromatic carbocycles. The van der Waals surface area contributed by atoms with E-state index in [-0.39, 0.29) is 6.42 Å². The minimum atomic E-state index is -0.637. The van der Waals surface area contributed by atoms with E-state index in [0.29, 0.717) is 11.4 Å². The number of urea groups is 1. The molecule has 116 valence electrons. The normalized spacial score (nSPS) is 15.3. The molecule has 0 atom stereocenters. The number of hydrogen-bond acceptors (Lipinski definition) is 3. The van der Waals surface area contributed by atoms with Crippen LogP contribution in [0.15, 0.2) is 48.5 Å². The molecule has 0 spiro atoms. The first-order chi connectivity index (χ1) is 11.0. The Morgan fingerprint density at radius 3 is 1.57 bits per heavy atom. The first-order valence-corrected chi connectivity index (χ1v) is 7.30. The van der Waals surface area contributed by atoms with Crippen molar-refractivity contribution in [2.24, 2.45) is 0 Å². The van der Waals surface area contributed by atoms with E-state index in [1.165, 1.54) is 0 Å². The lowest BCUT2D eigenvalue weighted by Crippen LogP contribution is -2.55. The molecule has 3 rings (SSSR count). The van der Waals surface area contributed by atoms with Gasteiger partial charge < -0.3 is 0 Å². The van der Waals surface area contributed by atoms with Gasteiger partial charge in [-0.2, -0.15) is 0 Å². The molecule has 0 N–H and O–H groups in total. The number of amides is 4. The number of nitrogens with zero attached hydrogens (tertiary/aromatic N) is 2. The molecule has 0 aromatic heterocycles. The van der Waals surface area contributed by atoms with Crippen molar-refractivity contribution in [3.05, 3.63) is 59.7 Å². The molecule has 23 heavy (non-hydrogen) atoms. The van der Waals surface area contributed by atoms with Gasteiger partial charge in [-0.3, -0.25) is 9.59 Å². The maximum atomic E-state index is 12.8. The van der Waals surface area contributed by atoms with Crippen molar-refractivity contribution < 1.29 is 14.4 Å². The van der Waals surface area contributed by atoms with Crippen LogP contribution in [0.5, 0.6) is 0 Å². The highest BCUT2D eigenvalue weighted by molar-refractivity contribution is 6.35. The zero-order valence-corrected chi connectivity index (χ0v) is 12.9. The van der Waals surface area contributed by atoms with E-state index in [2.05, 4.69) is 0 Å². The Hall–Kier alpha value is -2.95. The van der Waals surface area contributed by atoms with Crippen LogP contribution in [0.1, 0.15) is 17.5 Å². The lowest BCUT2D eigenvalue weighted by Gasteiger charge is -2.32. The molecule has 1 heterocycles. The van der Waals surface area contributed by atoms with Crippen LogP contribution in [0.4, 0.5) is 16.2 Å². The molecule has 0 aliphatic carbocycles. The molecule has 2 aromatic rings. The summed E-state index contributed by atoms with van der Waals surface area (Å²) in [4.78, 5) is 39.4. The second-order valence-corrected chi connectivity index (χ2v) is 5.60. The summed E-state index contributed by atoms with van der Waals surface area (Å²) in [6.07, 6.45) is -0.326. The summed E-state index contributed by atoms with van der Waals surface area (Å²) < 4.78 is 0. The Kier molecular flexibility index (Phi) is 3.70. The predicted octanol–water partition coefficient (Wildman–Crippen LogP) is 3.19. The molecular weight excluding hydrogens is 292 g/mol. The number of anilines is 2. The molecule has 1 saturated heterocycles. The van der Waals surface area contributed by atoms with Crippen LogP contribution in [-0.2, 0) is 9.59 Å². The summed E-state index contributed by atoms with van der Waals surface area (Å²) >= 11 is 0. The highest BCUT2D eigenvalue weighted by Crippen LogP contribution is 2.27. The summed E-state index contributed by atoms with van der Waals surface area (Å²) in [5.74, 6) is -1.01. The van der Waals surface area contributed by atoms with E-state index in [0.717, 1.165) is 20.9 Å². The average molecular weight is 308 g/mol. The Morgan fingerprint density at radius 1 is 0.739 bits per heavy atom. The van der Waals surface area contributed by atoms with Crippen LogP contribution >= 0.6 is 0 Å². The van der Waals surface area contributed by atoms with Gasteiger partial charge >= 0.3 is 6.03 Å². The maximum Gasteiger partial charge on any atom is 0.342 e. The van der Waals surface area contributed by atoms with Gasteiger partial charge in [0.1, 0.15) is 6.42 Å². The van der Waals surface area contributed by atoms with Crippen LogP contribution < -0.4 is 9.80 Å². The number of imide groups is 2. The highest BCUT2D eigenvalue weighted by atomic mass is 16.2. The largest absolute Gasteiger partial charge is 0.342 e. The van der Waals surface area contributed by atoms with Gasteiger partial charge in [0, 0.05) is 0 Å². The van der Waals surface area contributed by atoms with Gasteiger partial charge in [0.2, 0.25) is 11.8 Å². The van der Waals surface area contributed by atoms with Crippen LogP contribution in [0, 0.1) is 13.8 Å². The second-order valence-electron chi connectivity index (χ2n) is 5.60. The van der Waals surface area contributed by atoms with Crippen LogP contribution in [0.3, 0.4) is 0 Å². The average Bonchev–Trinajstić information content (AvgIpc) is 2.47. The van der Waals surface area contributed by atoms with Gasteiger partial charge in [0.25, 0.3) is 0 Å². The van der Waals surface area contributed by atoms with Gasteiger partial charge in [-0.15, -0.1) is 0 Å². The molecule has 5 nitrogen and oxygen atoms in total. The van der Waals surface area contributed by atoms with Crippen molar-refractivity contribution in [2.45, 2.75) is 20.3 Å². The Bertz CT molecular complexity index is 748. The van der Waals surface area contributed by atoms with Gasteiger partial charge in [-0.1, -0.05) is 24.3 Å². The number of barbiturate groups is 1. The molecule has 0 radical (unpaired) electrons. The molecule has 0 bridgehead atoms. The van der Waals surface area contributed by atoms with E-state index in [4.69, 9.17) is 0 Å². The number of hydrogen-bond donors (Lipinski definition) is 0. The van der Waals surface area contributed by atoms with Gasteiger partial charge in [-0.05, 0) is 49.2 Å². The standard InChI is InChI=1S/C18H16N2O3/c1-12-5-3-7-14(9-12)19-16(21)11-17(22)20(18(19)23)15-8-4-6-13(2)10-15/h3-10H,11H2,1-2H3. The van der Waals surface area contributed by atoms with E-state index in [1.54, 1.807) is 36.4 Å². The zero-order valence-electron chi connectivity index (χ0n) is 12.9. The van der Waals surface area contributed by atoms with Gasteiger partial charge in [0.15, 0.2) is 0 Å². The van der Waals surface area contributed by atoms with Crippen molar-refractivity contribution in [2.75, 3.05) is 9.80 Å². The Morgan fingerprint density at radius 2 is 1.17 bits per heavy atom. The topological polar surface area (TPSA) is 57.7 Å². The van der Waals surface area contributed by atoms with Gasteiger partial charge in [-0.25, -0.2) is 14.6 Å². The highest BCUT2D eigenvalue weighted by Gasteiger charge is 2.39. The van der Waals surface area contributed by atoms with Crippen LogP contribution in [-0.4, -0.2) is 17.8 Å². The maximum absolute atomic E-state index is 12.8. The number of carbonyl (C=O) groups excluding carboxylic acids is 3. The molecule has 1 fully saturated rings. The molecule has 5 heteroatoms. The zero-order chi connectivity index (χ0) is 16.6. The first kappa shape index (κ1) is 15.0. The minimum absolute atomic E-state index is 0.326. The summed E-state index contributed by atoms with van der Waals surface area (Å²) in [6.45, 7) is 3.76. The fourth-order valence-electron chi connectivity index (χ4n) is 2.64. The van der Waals surface area contributed by atoms with Crippen molar-refractivity contribution in [3.63, 3.8) is 0 Å². The third-order valence-corrected chi connectivity index (χ3v) is 3.70. The third-order valence-electron chi connectivity index (χ3n) is 3.70. The third kappa shape index (κ3) is 2.73. The lowest BCUT2D eigenvalue weighted by atomic mass is 10.1. The van der Waals surface area contributed by atoms with Crippen molar-refractivity contribution >= 4 is 29.2 Å². The molecular formula is C18H16N2O3. The van der Waals surface area contributed by atoms with E-state index in [1.807, 2.05) is 26.0 Å². The fourth-order valence-corrected chi connectivity index (χ4v) is 2.64. The summed E-state index contributed by atoms with van der Waals surface area (Å²) in [5, 5.41) is 0. The Labute approximate surface area is 134 Å². The summed E-state index contributed by atoms with van der Waals surface area (Å²) in [5.41, 5.74) is 2.82. The first-order valence-electron chi connectivity index (χ1n) is 7.30. The smallest absolute Gasteiger partial charge is 0.273 e. The minimum Gasteiger partial charge on any atom is -0.273 e. The number of aryl methyl sites for hydroxylation is 2. The summed E-state index contributed by atoms with van der Waals surface area (Å²) in [7, 11) is 0.